The molecule has 0 spiro atoms. The highest BCUT2D eigenvalue weighted by Crippen LogP contribution is 2.40. The maximum absolute atomic E-state index is 14.2. The summed E-state index contributed by atoms with van der Waals surface area (Å²) in [5.41, 5.74) is -2.18. The van der Waals surface area contributed by atoms with Crippen molar-refractivity contribution in [2.24, 2.45) is 0 Å². The van der Waals surface area contributed by atoms with Crippen LogP contribution in [0.1, 0.15) is 30.4 Å². The normalized spacial score (nSPS) is 15.4. The van der Waals surface area contributed by atoms with Gasteiger partial charge in [0.05, 0.1) is 12.0 Å². The number of alkyl halides is 3. The van der Waals surface area contributed by atoms with Crippen molar-refractivity contribution in [2.75, 3.05) is 7.11 Å². The molecule has 0 radical (unpaired) electrons. The molecule has 0 saturated carbocycles. The van der Waals surface area contributed by atoms with Crippen LogP contribution in [0.3, 0.4) is 0 Å². The van der Waals surface area contributed by atoms with E-state index in [4.69, 9.17) is 0 Å². The zero-order valence-electron chi connectivity index (χ0n) is 16.2. The van der Waals surface area contributed by atoms with Gasteiger partial charge in [-0.1, -0.05) is 55.0 Å². The van der Waals surface area contributed by atoms with Crippen LogP contribution in [0.25, 0.3) is 0 Å². The minimum atomic E-state index is -5.24. The van der Waals surface area contributed by atoms with Gasteiger partial charge in [-0.25, -0.2) is 13.2 Å². The van der Waals surface area contributed by atoms with E-state index >= 15 is 0 Å². The fraction of sp³-hybridized carbons (Fsp3) is 0.350. The van der Waals surface area contributed by atoms with Crippen LogP contribution in [0.2, 0.25) is 0 Å². The summed E-state index contributed by atoms with van der Waals surface area (Å²) in [4.78, 5) is 12.0. The van der Waals surface area contributed by atoms with Gasteiger partial charge in [0.25, 0.3) is 0 Å². The number of ether oxygens (including phenoxy) is 1. The second-order valence-electron chi connectivity index (χ2n) is 6.83. The van der Waals surface area contributed by atoms with Crippen LogP contribution in [0, 0.1) is 6.92 Å². The van der Waals surface area contributed by atoms with E-state index in [1.165, 1.54) is 31.2 Å². The molecule has 0 aliphatic carbocycles. The quantitative estimate of drug-likeness (QED) is 0.677. The van der Waals surface area contributed by atoms with Gasteiger partial charge in [-0.15, -0.1) is 0 Å². The molecule has 0 heterocycles. The molecule has 29 heavy (non-hydrogen) atoms. The molecule has 2 aromatic carbocycles. The second-order valence-corrected chi connectivity index (χ2v) is 8.51. The molecule has 0 aliphatic heterocycles. The van der Waals surface area contributed by atoms with Crippen molar-refractivity contribution in [1.29, 1.82) is 0 Å². The molecule has 0 aromatic heterocycles. The Morgan fingerprint density at radius 3 is 2.10 bits per heavy atom. The van der Waals surface area contributed by atoms with Crippen molar-refractivity contribution < 1.29 is 31.1 Å². The second kappa shape index (κ2) is 8.54. The van der Waals surface area contributed by atoms with Gasteiger partial charge in [0, 0.05) is 0 Å². The molecule has 1 N–H and O–H groups in total. The molecule has 0 saturated heterocycles. The van der Waals surface area contributed by atoms with E-state index in [1.807, 2.05) is 0 Å². The van der Waals surface area contributed by atoms with Crippen LogP contribution in [0.5, 0.6) is 0 Å². The smallest absolute Gasteiger partial charge is 0.418 e. The highest BCUT2D eigenvalue weighted by Gasteiger charge is 2.63. The molecular weight excluding hydrogens is 407 g/mol. The lowest BCUT2D eigenvalue weighted by atomic mass is 9.84. The van der Waals surface area contributed by atoms with Gasteiger partial charge in [-0.05, 0) is 37.0 Å². The van der Waals surface area contributed by atoms with Gasteiger partial charge in [0.1, 0.15) is 0 Å². The summed E-state index contributed by atoms with van der Waals surface area (Å²) < 4.78 is 74.0. The molecule has 0 unspecified atom stereocenters. The monoisotopic (exact) mass is 429 g/mol. The Labute approximate surface area is 167 Å². The predicted molar refractivity (Wildman–Crippen MR) is 102 cm³/mol. The van der Waals surface area contributed by atoms with Gasteiger partial charge in [-0.3, -0.25) is 0 Å². The zero-order valence-corrected chi connectivity index (χ0v) is 17.0. The highest BCUT2D eigenvalue weighted by molar-refractivity contribution is 7.89. The number of hydrogen-bond donors (Lipinski definition) is 1. The maximum Gasteiger partial charge on any atom is 0.418 e. The first-order chi connectivity index (χ1) is 13.4. The number of esters is 1. The number of carbonyl (C=O) groups is 1. The molecule has 0 fully saturated rings. The van der Waals surface area contributed by atoms with E-state index in [9.17, 15) is 26.4 Å². The Morgan fingerprint density at radius 1 is 1.07 bits per heavy atom. The first-order valence-electron chi connectivity index (χ1n) is 8.73. The van der Waals surface area contributed by atoms with E-state index in [-0.39, 0.29) is 4.90 Å². The van der Waals surface area contributed by atoms with Crippen LogP contribution in [-0.4, -0.2) is 33.2 Å². The zero-order chi connectivity index (χ0) is 21.9. The van der Waals surface area contributed by atoms with Crippen LogP contribution >= 0.6 is 0 Å². The largest absolute Gasteiger partial charge is 0.467 e. The summed E-state index contributed by atoms with van der Waals surface area (Å²) in [5, 5.41) is 0. The third-order valence-electron chi connectivity index (χ3n) is 4.64. The first kappa shape index (κ1) is 22.9. The molecule has 0 bridgehead atoms. The number of nitrogens with one attached hydrogen (secondary N) is 1. The number of rotatable bonds is 7. The standard InChI is InChI=1S/C20H22F3NO4S/c1-14-9-11-17(12-10-14)29(26,27)24-19(18(25)28-3,20(21,22)23)13-15(2)16-7-5-4-6-8-16/h4-12,15,24H,13H2,1-3H3/t15-,19+/m1/s1. The summed E-state index contributed by atoms with van der Waals surface area (Å²) in [6.07, 6.45) is -6.10. The SMILES string of the molecule is COC(=O)[C@](C[C@@H](C)c1ccccc1)(NS(=O)(=O)c1ccc(C)cc1)C(F)(F)F. The van der Waals surface area contributed by atoms with Crippen molar-refractivity contribution in [1.82, 2.24) is 4.72 Å². The predicted octanol–water partition coefficient (Wildman–Crippen LogP) is 3.94. The van der Waals surface area contributed by atoms with Crippen molar-refractivity contribution in [3.63, 3.8) is 0 Å². The minimum Gasteiger partial charge on any atom is -0.467 e. The van der Waals surface area contributed by atoms with E-state index in [0.29, 0.717) is 5.56 Å². The van der Waals surface area contributed by atoms with Gasteiger partial charge in [0.15, 0.2) is 0 Å². The molecule has 0 amide bonds. The Balaban J connectivity index is 2.54. The Morgan fingerprint density at radius 2 is 1.62 bits per heavy atom. The molecule has 158 valence electrons. The van der Waals surface area contributed by atoms with E-state index in [1.54, 1.807) is 42.0 Å². The third-order valence-corrected chi connectivity index (χ3v) is 6.15. The van der Waals surface area contributed by atoms with Crippen molar-refractivity contribution in [2.45, 2.75) is 42.8 Å². The summed E-state index contributed by atoms with van der Waals surface area (Å²) >= 11 is 0. The maximum atomic E-state index is 14.2. The number of aryl methyl sites for hydroxylation is 1. The summed E-state index contributed by atoms with van der Waals surface area (Å²) in [6, 6.07) is 13.5. The van der Waals surface area contributed by atoms with Gasteiger partial charge in [0.2, 0.25) is 15.6 Å². The fourth-order valence-electron chi connectivity index (χ4n) is 2.99. The van der Waals surface area contributed by atoms with Crippen molar-refractivity contribution >= 4 is 16.0 Å². The Bertz CT molecular complexity index is 944. The van der Waals surface area contributed by atoms with E-state index in [2.05, 4.69) is 4.74 Å². The van der Waals surface area contributed by atoms with Gasteiger partial charge < -0.3 is 4.74 Å². The van der Waals surface area contributed by atoms with Crippen molar-refractivity contribution in [3.8, 4) is 0 Å². The third kappa shape index (κ3) is 4.97. The molecule has 2 aromatic rings. The molecule has 2 atom stereocenters. The highest BCUT2D eigenvalue weighted by atomic mass is 32.2. The lowest BCUT2D eigenvalue weighted by molar-refractivity contribution is -0.210. The lowest BCUT2D eigenvalue weighted by Gasteiger charge is -2.35. The first-order valence-corrected chi connectivity index (χ1v) is 10.2. The van der Waals surface area contributed by atoms with E-state index in [0.717, 1.165) is 12.7 Å². The molecule has 2 rings (SSSR count). The van der Waals surface area contributed by atoms with Crippen molar-refractivity contribution in [3.05, 3.63) is 65.7 Å². The average Bonchev–Trinajstić information content (AvgIpc) is 2.66. The average molecular weight is 429 g/mol. The van der Waals surface area contributed by atoms with Gasteiger partial charge >= 0.3 is 12.1 Å². The van der Waals surface area contributed by atoms with Crippen LogP contribution < -0.4 is 4.72 Å². The number of benzene rings is 2. The molecule has 0 aliphatic rings. The topological polar surface area (TPSA) is 72.5 Å². The Kier molecular flexibility index (Phi) is 6.74. The minimum absolute atomic E-state index is 0.381. The fourth-order valence-corrected chi connectivity index (χ4v) is 4.35. The molecule has 5 nitrogen and oxygen atoms in total. The number of halogens is 3. The Hall–Kier alpha value is -2.39. The number of sulfonamides is 1. The summed E-state index contributed by atoms with van der Waals surface area (Å²) in [7, 11) is -3.88. The summed E-state index contributed by atoms with van der Waals surface area (Å²) in [5.74, 6) is -2.51. The van der Waals surface area contributed by atoms with Crippen LogP contribution in [0.15, 0.2) is 59.5 Å². The van der Waals surface area contributed by atoms with E-state index < -0.39 is 40.0 Å². The lowest BCUT2D eigenvalue weighted by Crippen LogP contribution is -2.64. The molecule has 9 heteroatoms. The number of carbonyl (C=O) groups excluding carboxylic acids is 1. The number of hydrogen-bond acceptors (Lipinski definition) is 4. The van der Waals surface area contributed by atoms with Gasteiger partial charge in [-0.2, -0.15) is 17.9 Å². The molecular formula is C20H22F3NO4S. The summed E-state index contributed by atoms with van der Waals surface area (Å²) in [6.45, 7) is 3.19. The number of methoxy groups -OCH3 is 1. The van der Waals surface area contributed by atoms with Crippen LogP contribution in [0.4, 0.5) is 13.2 Å². The van der Waals surface area contributed by atoms with Crippen LogP contribution in [-0.2, 0) is 19.6 Å².